The van der Waals surface area contributed by atoms with Crippen molar-refractivity contribution in [3.8, 4) is 5.75 Å². The number of anilines is 6. The topological polar surface area (TPSA) is 26.7 Å². The van der Waals surface area contributed by atoms with Gasteiger partial charge in [0.05, 0.1) is 0 Å². The Morgan fingerprint density at radius 2 is 0.714 bits per heavy atom. The minimum atomic E-state index is -3.12. The highest BCUT2D eigenvalue weighted by Crippen LogP contribution is 2.48. The lowest BCUT2D eigenvalue weighted by atomic mass is 9.33. The first-order valence-corrected chi connectivity index (χ1v) is 24.9. The Bertz CT molecular complexity index is 2730. The molecule has 0 saturated carbocycles. The zero-order valence-electron chi connectivity index (χ0n) is 39.3. The normalized spacial score (nSPS) is 15.1. The minimum Gasteiger partial charge on any atom is -0.508 e. The van der Waals surface area contributed by atoms with E-state index >= 15 is 0 Å². The second-order valence-corrected chi connectivity index (χ2v) is 26.2. The Hall–Kier alpha value is -5.78. The van der Waals surface area contributed by atoms with E-state index in [2.05, 4.69) is 226 Å². The third kappa shape index (κ3) is 6.28. The lowest BCUT2D eigenvalue weighted by molar-refractivity contribution is 0.476. The van der Waals surface area contributed by atoms with Crippen LogP contribution in [0.3, 0.4) is 0 Å². The van der Waals surface area contributed by atoms with E-state index in [1.165, 1.54) is 70.8 Å². The summed E-state index contributed by atoms with van der Waals surface area (Å²) in [5.41, 5.74) is 15.6. The second-order valence-electron chi connectivity index (χ2n) is 22.5. The number of hydrogen-bond donors (Lipinski definition) is 1. The number of aromatic hydroxyl groups is 1. The van der Waals surface area contributed by atoms with Gasteiger partial charge in [-0.25, -0.2) is 0 Å². The van der Waals surface area contributed by atoms with E-state index in [4.69, 9.17) is 0 Å². The Morgan fingerprint density at radius 1 is 0.381 bits per heavy atom. The molecule has 316 valence electrons. The minimum absolute atomic E-state index is 0.00660. The predicted molar refractivity (Wildman–Crippen MR) is 274 cm³/mol. The molecular formula is C58H61BN2OSi. The van der Waals surface area contributed by atoms with Crippen LogP contribution in [0.4, 0.5) is 34.1 Å². The molecule has 0 atom stereocenters. The summed E-state index contributed by atoms with van der Waals surface area (Å²) in [7, 11) is -3.12. The van der Waals surface area contributed by atoms with Crippen LogP contribution in [0.15, 0.2) is 146 Å². The van der Waals surface area contributed by atoms with Gasteiger partial charge in [-0.1, -0.05) is 180 Å². The molecule has 0 bridgehead atoms. The average Bonchev–Trinajstić information content (AvgIpc) is 3.23. The molecule has 3 nitrogen and oxygen atoms in total. The molecule has 0 aliphatic carbocycles. The van der Waals surface area contributed by atoms with E-state index in [1.807, 2.05) is 12.1 Å². The second kappa shape index (κ2) is 13.9. The van der Waals surface area contributed by atoms with Crippen molar-refractivity contribution in [1.29, 1.82) is 0 Å². The molecule has 0 unspecified atom stereocenters. The molecule has 5 heteroatoms. The monoisotopic (exact) mass is 840 g/mol. The van der Waals surface area contributed by atoms with Crippen molar-refractivity contribution in [2.45, 2.75) is 105 Å². The molecule has 0 amide bonds. The summed E-state index contributed by atoms with van der Waals surface area (Å²) >= 11 is 0. The summed E-state index contributed by atoms with van der Waals surface area (Å²) < 4.78 is 0. The van der Waals surface area contributed by atoms with Gasteiger partial charge in [-0.05, 0) is 117 Å². The van der Waals surface area contributed by atoms with Gasteiger partial charge in [0, 0.05) is 46.3 Å². The summed E-state index contributed by atoms with van der Waals surface area (Å²) in [5.74, 6) is 0.260. The first kappa shape index (κ1) is 41.2. The van der Waals surface area contributed by atoms with E-state index in [0.29, 0.717) is 0 Å². The molecule has 0 aromatic heterocycles. The van der Waals surface area contributed by atoms with Crippen molar-refractivity contribution in [3.63, 3.8) is 0 Å². The fourth-order valence-electron chi connectivity index (χ4n) is 10.8. The van der Waals surface area contributed by atoms with Gasteiger partial charge in [-0.15, -0.1) is 0 Å². The standard InChI is InChI=1S/C58H61BN2OSi/c1-55(2,3)37-23-27-41(28-24-37)60-46-31-39(57(7,8)9)33-50-53(46)59-52-48(60)35-43(62)36-49(52)61(42-29-25-38(26-30-42)56(4,5)6)47-32-40(58(10,11)12)34-51(54(47)59)63(50,44-19-15-13-16-20-44)45-21-17-14-18-22-45/h13-36,62H,1-12H3. The van der Waals surface area contributed by atoms with Crippen LogP contribution in [-0.4, -0.2) is 19.9 Å². The van der Waals surface area contributed by atoms with Crippen molar-refractivity contribution in [1.82, 2.24) is 0 Å². The van der Waals surface area contributed by atoms with Gasteiger partial charge in [0.25, 0.3) is 6.71 Å². The molecule has 0 spiro atoms. The third-order valence-corrected chi connectivity index (χ3v) is 19.0. The molecule has 63 heavy (non-hydrogen) atoms. The van der Waals surface area contributed by atoms with Crippen LogP contribution in [0, 0.1) is 0 Å². The lowest BCUT2D eigenvalue weighted by Crippen LogP contribution is -2.88. The molecule has 3 aliphatic rings. The van der Waals surface area contributed by atoms with Gasteiger partial charge in [0.1, 0.15) is 5.75 Å². The Labute approximate surface area is 377 Å². The Kier molecular flexibility index (Phi) is 9.07. The van der Waals surface area contributed by atoms with Gasteiger partial charge < -0.3 is 14.9 Å². The number of rotatable bonds is 4. The van der Waals surface area contributed by atoms with Crippen molar-refractivity contribution in [2.75, 3.05) is 9.80 Å². The maximum Gasteiger partial charge on any atom is 0.251 e. The number of nitrogens with zero attached hydrogens (tertiary/aromatic N) is 2. The Morgan fingerprint density at radius 3 is 1.05 bits per heavy atom. The third-order valence-electron chi connectivity index (χ3n) is 14.2. The van der Waals surface area contributed by atoms with Gasteiger partial charge in [-0.3, -0.25) is 0 Å². The van der Waals surface area contributed by atoms with E-state index in [1.54, 1.807) is 0 Å². The number of phenolic OH excluding ortho intramolecular Hbond substituents is 1. The van der Waals surface area contributed by atoms with Gasteiger partial charge in [-0.2, -0.15) is 0 Å². The van der Waals surface area contributed by atoms with Crippen LogP contribution < -0.4 is 46.9 Å². The predicted octanol–water partition coefficient (Wildman–Crippen LogP) is 10.4. The van der Waals surface area contributed by atoms with Crippen LogP contribution in [-0.2, 0) is 21.7 Å². The molecule has 3 heterocycles. The summed E-state index contributed by atoms with van der Waals surface area (Å²) in [4.78, 5) is 4.98. The van der Waals surface area contributed by atoms with Crippen LogP contribution in [0.1, 0.15) is 105 Å². The Balaban J connectivity index is 1.44. The molecule has 7 aromatic rings. The van der Waals surface area contributed by atoms with Crippen LogP contribution in [0.5, 0.6) is 5.75 Å². The lowest BCUT2D eigenvalue weighted by Gasteiger charge is -2.52. The fourth-order valence-corrected chi connectivity index (χ4v) is 16.1. The zero-order chi connectivity index (χ0) is 44.6. The van der Waals surface area contributed by atoms with Crippen molar-refractivity contribution >= 4 is 86.0 Å². The highest BCUT2D eigenvalue weighted by Gasteiger charge is 2.57. The van der Waals surface area contributed by atoms with Crippen LogP contribution in [0.25, 0.3) is 0 Å². The van der Waals surface area contributed by atoms with Crippen LogP contribution in [0.2, 0.25) is 0 Å². The summed E-state index contributed by atoms with van der Waals surface area (Å²) in [6, 6.07) is 55.7. The molecule has 0 fully saturated rings. The first-order chi connectivity index (χ1) is 29.7. The highest BCUT2D eigenvalue weighted by atomic mass is 28.3. The SMILES string of the molecule is CC(C)(C)c1ccc(N2c3cc(O)cc4c3B3c5c2cc(C(C)(C)C)cc5[Si](c2ccccc2)(c2ccccc2)c2cc(C(C)(C)C)cc(c23)N4c2ccc(C(C)(C)C)cc2)cc1. The van der Waals surface area contributed by atoms with Gasteiger partial charge in [0.2, 0.25) is 0 Å². The van der Waals surface area contributed by atoms with Crippen molar-refractivity contribution in [2.24, 2.45) is 0 Å². The van der Waals surface area contributed by atoms with E-state index < -0.39 is 8.07 Å². The molecule has 3 aliphatic heterocycles. The quantitative estimate of drug-likeness (QED) is 0.179. The zero-order valence-corrected chi connectivity index (χ0v) is 40.3. The largest absolute Gasteiger partial charge is 0.508 e. The van der Waals surface area contributed by atoms with E-state index in [0.717, 1.165) is 22.7 Å². The smallest absolute Gasteiger partial charge is 0.251 e. The molecule has 0 radical (unpaired) electrons. The van der Waals surface area contributed by atoms with Crippen LogP contribution >= 0.6 is 0 Å². The summed E-state index contributed by atoms with van der Waals surface area (Å²) in [6.07, 6.45) is 0. The van der Waals surface area contributed by atoms with Crippen molar-refractivity contribution < 1.29 is 5.11 Å². The van der Waals surface area contributed by atoms with Crippen molar-refractivity contribution in [3.05, 3.63) is 168 Å². The van der Waals surface area contributed by atoms with E-state index in [9.17, 15) is 5.11 Å². The maximum absolute atomic E-state index is 12.1. The summed E-state index contributed by atoms with van der Waals surface area (Å²) in [6.45, 7) is 27.8. The average molecular weight is 841 g/mol. The number of hydrogen-bond acceptors (Lipinski definition) is 3. The molecule has 1 N–H and O–H groups in total. The number of benzene rings is 7. The number of phenols is 1. The van der Waals surface area contributed by atoms with Gasteiger partial charge in [0.15, 0.2) is 8.07 Å². The molecular weight excluding hydrogens is 780 g/mol. The maximum atomic E-state index is 12.1. The van der Waals surface area contributed by atoms with E-state index in [-0.39, 0.29) is 34.1 Å². The fraction of sp³-hybridized carbons (Fsp3) is 0.276. The van der Waals surface area contributed by atoms with Gasteiger partial charge >= 0.3 is 0 Å². The molecule has 0 saturated heterocycles. The molecule has 10 rings (SSSR count). The molecule has 7 aromatic carbocycles. The summed E-state index contributed by atoms with van der Waals surface area (Å²) in [5, 5.41) is 17.8. The highest BCUT2D eigenvalue weighted by molar-refractivity contribution is 7.27. The first-order valence-electron chi connectivity index (χ1n) is 22.9.